The summed E-state index contributed by atoms with van der Waals surface area (Å²) >= 11 is 0. The van der Waals surface area contributed by atoms with Crippen molar-refractivity contribution in [3.63, 3.8) is 0 Å². The second kappa shape index (κ2) is 4.86. The van der Waals surface area contributed by atoms with E-state index in [0.29, 0.717) is 0 Å². The molecule has 19 heavy (non-hydrogen) atoms. The topological polar surface area (TPSA) is 25.2 Å². The molecular formula is C17H23NO. The number of benzene rings is 1. The Kier molecular flexibility index (Phi) is 3.55. The molecule has 0 aliphatic carbocycles. The van der Waals surface area contributed by atoms with Crippen LogP contribution >= 0.6 is 0 Å². The molecule has 0 saturated carbocycles. The van der Waals surface area contributed by atoms with Gasteiger partial charge in [0.15, 0.2) is 0 Å². The lowest BCUT2D eigenvalue weighted by Gasteiger charge is -2.20. The quantitative estimate of drug-likeness (QED) is 0.867. The molecule has 2 heteroatoms. The van der Waals surface area contributed by atoms with Crippen LogP contribution in [0.2, 0.25) is 0 Å². The summed E-state index contributed by atoms with van der Waals surface area (Å²) in [4.78, 5) is 0. The van der Waals surface area contributed by atoms with E-state index in [-0.39, 0.29) is 12.0 Å². The van der Waals surface area contributed by atoms with Gasteiger partial charge in [0.1, 0.15) is 0 Å². The highest BCUT2D eigenvalue weighted by Crippen LogP contribution is 2.25. The van der Waals surface area contributed by atoms with E-state index in [0.717, 1.165) is 22.6 Å². The second-order valence-electron chi connectivity index (χ2n) is 6.19. The normalized spacial score (nSPS) is 11.9. The molecule has 0 saturated heterocycles. The van der Waals surface area contributed by atoms with Gasteiger partial charge in [0.05, 0.1) is 6.61 Å². The molecule has 0 atom stereocenters. The fourth-order valence-corrected chi connectivity index (χ4v) is 2.50. The fraction of sp³-hybridized carbons (Fsp3) is 0.412. The average Bonchev–Trinajstić information content (AvgIpc) is 2.63. The van der Waals surface area contributed by atoms with Crippen LogP contribution in [0.25, 0.3) is 5.69 Å². The van der Waals surface area contributed by atoms with Crippen molar-refractivity contribution in [1.82, 2.24) is 4.57 Å². The van der Waals surface area contributed by atoms with E-state index in [1.807, 2.05) is 6.07 Å². The number of aryl methyl sites for hydroxylation is 1. The van der Waals surface area contributed by atoms with Gasteiger partial charge in [-0.05, 0) is 48.6 Å². The van der Waals surface area contributed by atoms with Crippen LogP contribution < -0.4 is 0 Å². The molecule has 2 nitrogen and oxygen atoms in total. The van der Waals surface area contributed by atoms with Gasteiger partial charge in [-0.1, -0.05) is 32.9 Å². The summed E-state index contributed by atoms with van der Waals surface area (Å²) in [7, 11) is 0. The van der Waals surface area contributed by atoms with Crippen molar-refractivity contribution >= 4 is 0 Å². The minimum absolute atomic E-state index is 0.0970. The maximum absolute atomic E-state index is 9.34. The van der Waals surface area contributed by atoms with Crippen LogP contribution in [0.5, 0.6) is 0 Å². The first-order valence-electron chi connectivity index (χ1n) is 6.74. The highest BCUT2D eigenvalue weighted by Gasteiger charge is 2.14. The fourth-order valence-electron chi connectivity index (χ4n) is 2.50. The molecule has 0 radical (unpaired) electrons. The summed E-state index contributed by atoms with van der Waals surface area (Å²) in [5, 5.41) is 9.34. The van der Waals surface area contributed by atoms with Crippen molar-refractivity contribution in [2.75, 3.05) is 0 Å². The molecule has 2 rings (SSSR count). The van der Waals surface area contributed by atoms with Crippen LogP contribution in [0.3, 0.4) is 0 Å². The molecule has 1 heterocycles. The van der Waals surface area contributed by atoms with Crippen molar-refractivity contribution < 1.29 is 5.11 Å². The molecule has 0 spiro atoms. The molecule has 102 valence electrons. The highest BCUT2D eigenvalue weighted by molar-refractivity contribution is 5.43. The van der Waals surface area contributed by atoms with E-state index >= 15 is 0 Å². The van der Waals surface area contributed by atoms with Gasteiger partial charge >= 0.3 is 0 Å². The molecule has 0 fully saturated rings. The Morgan fingerprint density at radius 2 is 1.63 bits per heavy atom. The van der Waals surface area contributed by atoms with Crippen molar-refractivity contribution in [3.8, 4) is 5.69 Å². The molecule has 0 unspecified atom stereocenters. The summed E-state index contributed by atoms with van der Waals surface area (Å²) in [6.45, 7) is 10.9. The zero-order chi connectivity index (χ0) is 14.2. The first-order valence-corrected chi connectivity index (χ1v) is 6.74. The third-order valence-electron chi connectivity index (χ3n) is 3.70. The van der Waals surface area contributed by atoms with Crippen molar-refractivity contribution in [3.05, 3.63) is 52.8 Å². The molecular weight excluding hydrogens is 234 g/mol. The zero-order valence-corrected chi connectivity index (χ0v) is 12.5. The Bertz CT molecular complexity index is 571. The van der Waals surface area contributed by atoms with E-state index in [1.165, 1.54) is 5.56 Å². The second-order valence-corrected chi connectivity index (χ2v) is 6.19. The van der Waals surface area contributed by atoms with E-state index in [4.69, 9.17) is 0 Å². The molecule has 0 bridgehead atoms. The predicted molar refractivity (Wildman–Crippen MR) is 79.9 cm³/mol. The predicted octanol–water partition coefficient (Wildman–Crippen LogP) is 3.88. The molecule has 0 aliphatic rings. The number of aliphatic hydroxyl groups excluding tert-OH is 1. The zero-order valence-electron chi connectivity index (χ0n) is 12.5. The lowest BCUT2D eigenvalue weighted by Crippen LogP contribution is -2.11. The van der Waals surface area contributed by atoms with Gasteiger partial charge in [-0.25, -0.2) is 0 Å². The first-order chi connectivity index (χ1) is 8.84. The number of nitrogens with zero attached hydrogens (tertiary/aromatic N) is 1. The van der Waals surface area contributed by atoms with Gasteiger partial charge in [0.2, 0.25) is 0 Å². The summed E-state index contributed by atoms with van der Waals surface area (Å²) in [6, 6.07) is 10.7. The Morgan fingerprint density at radius 1 is 1.05 bits per heavy atom. The largest absolute Gasteiger partial charge is 0.392 e. The van der Waals surface area contributed by atoms with Crippen molar-refractivity contribution in [2.45, 2.75) is 46.6 Å². The molecule has 2 aromatic rings. The van der Waals surface area contributed by atoms with Crippen LogP contribution in [0.4, 0.5) is 0 Å². The third-order valence-corrected chi connectivity index (χ3v) is 3.70. The monoisotopic (exact) mass is 257 g/mol. The summed E-state index contributed by atoms with van der Waals surface area (Å²) in [6.07, 6.45) is 0. The molecule has 0 aliphatic heterocycles. The van der Waals surface area contributed by atoms with Gasteiger partial charge in [-0.2, -0.15) is 0 Å². The molecule has 1 aromatic carbocycles. The van der Waals surface area contributed by atoms with Crippen molar-refractivity contribution in [2.24, 2.45) is 0 Å². The van der Waals surface area contributed by atoms with E-state index in [2.05, 4.69) is 63.5 Å². The average molecular weight is 257 g/mol. The maximum atomic E-state index is 9.34. The van der Waals surface area contributed by atoms with Gasteiger partial charge in [-0.15, -0.1) is 0 Å². The summed E-state index contributed by atoms with van der Waals surface area (Å²) < 4.78 is 2.19. The summed E-state index contributed by atoms with van der Waals surface area (Å²) in [5.74, 6) is 0. The third kappa shape index (κ3) is 2.59. The molecule has 1 aromatic heterocycles. The Hall–Kier alpha value is -1.54. The summed E-state index contributed by atoms with van der Waals surface area (Å²) in [5.41, 5.74) is 5.94. The maximum Gasteiger partial charge on any atom is 0.0699 e. The standard InChI is InChI=1S/C17H23NO/c1-12-10-14(11-19)13(2)18(12)16-8-6-15(7-9-16)17(3,4)5/h6-10,19H,11H2,1-5H3. The van der Waals surface area contributed by atoms with Gasteiger partial charge in [0, 0.05) is 17.1 Å². The number of hydrogen-bond donors (Lipinski definition) is 1. The van der Waals surface area contributed by atoms with Gasteiger partial charge in [0.25, 0.3) is 0 Å². The smallest absolute Gasteiger partial charge is 0.0699 e. The van der Waals surface area contributed by atoms with E-state index in [1.54, 1.807) is 0 Å². The van der Waals surface area contributed by atoms with Crippen molar-refractivity contribution in [1.29, 1.82) is 0 Å². The van der Waals surface area contributed by atoms with Crippen LogP contribution in [0.15, 0.2) is 30.3 Å². The minimum Gasteiger partial charge on any atom is -0.392 e. The Balaban J connectivity index is 2.46. The van der Waals surface area contributed by atoms with E-state index in [9.17, 15) is 5.11 Å². The SMILES string of the molecule is Cc1cc(CO)c(C)n1-c1ccc(C(C)(C)C)cc1. The van der Waals surface area contributed by atoms with Crippen LogP contribution in [-0.2, 0) is 12.0 Å². The van der Waals surface area contributed by atoms with Gasteiger partial charge in [-0.3, -0.25) is 0 Å². The number of aliphatic hydroxyl groups is 1. The van der Waals surface area contributed by atoms with Crippen LogP contribution in [-0.4, -0.2) is 9.67 Å². The minimum atomic E-state index is 0.0970. The number of aromatic nitrogens is 1. The number of rotatable bonds is 2. The highest BCUT2D eigenvalue weighted by atomic mass is 16.3. The first kappa shape index (κ1) is 13.9. The van der Waals surface area contributed by atoms with Crippen LogP contribution in [0.1, 0.15) is 43.3 Å². The lowest BCUT2D eigenvalue weighted by atomic mass is 9.87. The van der Waals surface area contributed by atoms with Crippen LogP contribution in [0, 0.1) is 13.8 Å². The Morgan fingerprint density at radius 3 is 2.05 bits per heavy atom. The molecule has 1 N–H and O–H groups in total. The van der Waals surface area contributed by atoms with Gasteiger partial charge < -0.3 is 9.67 Å². The lowest BCUT2D eigenvalue weighted by molar-refractivity contribution is 0.281. The van der Waals surface area contributed by atoms with E-state index < -0.39 is 0 Å². The Labute approximate surface area is 115 Å². The number of hydrogen-bond acceptors (Lipinski definition) is 1. The molecule has 0 amide bonds.